The minimum absolute atomic E-state index is 0.0272. The van der Waals surface area contributed by atoms with E-state index in [9.17, 15) is 0 Å². The van der Waals surface area contributed by atoms with Crippen molar-refractivity contribution in [3.63, 3.8) is 0 Å². The third kappa shape index (κ3) is 1.70. The summed E-state index contributed by atoms with van der Waals surface area (Å²) < 4.78 is 17.0. The number of hydrogen-bond donors (Lipinski definition) is 2. The quantitative estimate of drug-likeness (QED) is 0.454. The van der Waals surface area contributed by atoms with Gasteiger partial charge in [-0.25, -0.2) is 0 Å². The zero-order valence-electron chi connectivity index (χ0n) is 11.2. The van der Waals surface area contributed by atoms with Gasteiger partial charge < -0.3 is 25.0 Å². The van der Waals surface area contributed by atoms with E-state index >= 15 is 0 Å². The Morgan fingerprint density at radius 3 is 2.30 bits per heavy atom. The summed E-state index contributed by atoms with van der Waals surface area (Å²) in [6.07, 6.45) is 0. The zero-order chi connectivity index (χ0) is 15.6. The molecule has 23 heavy (non-hydrogen) atoms. The third-order valence-electron chi connectivity index (χ3n) is 3.15. The molecule has 0 spiro atoms. The van der Waals surface area contributed by atoms with Crippen molar-refractivity contribution < 1.29 is 13.6 Å². The number of rotatable bonds is 1. The molecule has 3 aromatic heterocycles. The highest BCUT2D eigenvalue weighted by Crippen LogP contribution is 2.38. The number of aromatic nitrogens is 6. The molecule has 1 aliphatic rings. The third-order valence-corrected chi connectivity index (χ3v) is 3.15. The maximum atomic E-state index is 5.70. The lowest BCUT2D eigenvalue weighted by Gasteiger charge is -2.06. The Kier molecular flexibility index (Phi) is 2.01. The average molecular weight is 310 g/mol. The fraction of sp³-hybridized carbons (Fsp3) is 0. The lowest BCUT2D eigenvalue weighted by atomic mass is 10.1. The van der Waals surface area contributed by atoms with E-state index in [-0.39, 0.29) is 41.0 Å². The van der Waals surface area contributed by atoms with Gasteiger partial charge in [0, 0.05) is 0 Å². The number of hydrogen-bond acceptors (Lipinski definition) is 11. The van der Waals surface area contributed by atoms with Crippen LogP contribution in [0.4, 0.5) is 11.9 Å². The number of benzene rings is 1. The monoisotopic (exact) mass is 310 g/mol. The van der Waals surface area contributed by atoms with Crippen LogP contribution in [0.2, 0.25) is 0 Å². The molecule has 0 unspecified atom stereocenters. The lowest BCUT2D eigenvalue weighted by molar-refractivity contribution is 0.447. The smallest absolute Gasteiger partial charge is 0.331 e. The van der Waals surface area contributed by atoms with E-state index in [0.717, 1.165) is 0 Å². The van der Waals surface area contributed by atoms with Crippen LogP contribution in [0.15, 0.2) is 21.0 Å². The molecule has 1 aromatic carbocycles. The molecule has 0 radical (unpaired) electrons. The van der Waals surface area contributed by atoms with Gasteiger partial charge in [-0.3, -0.25) is 0 Å². The van der Waals surface area contributed by atoms with E-state index in [1.165, 1.54) is 0 Å². The first-order chi connectivity index (χ1) is 11.2. The minimum atomic E-state index is -0.0303. The molecule has 0 amide bonds. The predicted molar refractivity (Wildman–Crippen MR) is 75.9 cm³/mol. The first kappa shape index (κ1) is 11.9. The second-order valence-electron chi connectivity index (χ2n) is 4.63. The number of anilines is 2. The van der Waals surface area contributed by atoms with Gasteiger partial charge in [0.1, 0.15) is 11.1 Å². The largest absolute Gasteiger partial charge is 0.423 e. The van der Waals surface area contributed by atoms with E-state index in [2.05, 4.69) is 29.9 Å². The molecule has 0 saturated carbocycles. The van der Waals surface area contributed by atoms with E-state index in [4.69, 9.17) is 25.0 Å². The number of ether oxygens (including phenoxy) is 1. The van der Waals surface area contributed by atoms with Crippen LogP contribution < -0.4 is 16.2 Å². The highest BCUT2D eigenvalue weighted by molar-refractivity contribution is 5.92. The molecule has 4 heterocycles. The molecular weight excluding hydrogens is 304 g/mol. The number of nitrogens with zero attached hydrogens (tertiary/aromatic N) is 6. The second-order valence-corrected chi connectivity index (χ2v) is 4.63. The van der Waals surface area contributed by atoms with Gasteiger partial charge in [-0.05, 0) is 12.1 Å². The summed E-state index contributed by atoms with van der Waals surface area (Å²) in [5.41, 5.74) is 12.3. The van der Waals surface area contributed by atoms with E-state index in [0.29, 0.717) is 16.9 Å². The van der Waals surface area contributed by atoms with Crippen LogP contribution in [0, 0.1) is 0 Å². The van der Waals surface area contributed by atoms with Crippen molar-refractivity contribution in [3.8, 4) is 23.1 Å². The Morgan fingerprint density at radius 1 is 0.783 bits per heavy atom. The van der Waals surface area contributed by atoms with Gasteiger partial charge in [0.25, 0.3) is 0 Å². The van der Waals surface area contributed by atoms with Crippen LogP contribution in [0.25, 0.3) is 34.2 Å². The van der Waals surface area contributed by atoms with Crippen LogP contribution >= 0.6 is 0 Å². The van der Waals surface area contributed by atoms with Crippen LogP contribution in [0.5, 0.6) is 11.8 Å². The van der Waals surface area contributed by atoms with Gasteiger partial charge in [0.2, 0.25) is 11.9 Å². The maximum absolute atomic E-state index is 5.70. The van der Waals surface area contributed by atoms with Crippen molar-refractivity contribution in [2.24, 2.45) is 0 Å². The predicted octanol–water partition coefficient (Wildman–Crippen LogP) is 1.05. The van der Waals surface area contributed by atoms with Crippen molar-refractivity contribution in [2.45, 2.75) is 0 Å². The van der Waals surface area contributed by atoms with E-state index < -0.39 is 0 Å². The molecule has 0 fully saturated rings. The molecule has 11 heteroatoms. The highest BCUT2D eigenvalue weighted by Gasteiger charge is 2.23. The second kappa shape index (κ2) is 3.91. The molecule has 0 atom stereocenters. The molecule has 112 valence electrons. The van der Waals surface area contributed by atoms with Gasteiger partial charge in [0.15, 0.2) is 17.2 Å². The zero-order valence-corrected chi connectivity index (χ0v) is 11.2. The maximum Gasteiger partial charge on any atom is 0.331 e. The van der Waals surface area contributed by atoms with Crippen LogP contribution in [0.1, 0.15) is 0 Å². The standard InChI is InChI=1S/C12H6N8O3/c13-8-15-7(16-9(14)17-8)5-3-1-2-4-6(5)23-12-19-10(21-3)18-11(20-12)22-4/h1-2H,(H4,13,14,15,16,17). The number of fused-ring (bicyclic) bond motifs is 3. The fourth-order valence-corrected chi connectivity index (χ4v) is 2.29. The topological polar surface area (TPSA) is 165 Å². The summed E-state index contributed by atoms with van der Waals surface area (Å²) in [6.45, 7) is 0. The Labute approximate surface area is 126 Å². The molecule has 4 N–H and O–H groups in total. The summed E-state index contributed by atoms with van der Waals surface area (Å²) in [7, 11) is 0. The van der Waals surface area contributed by atoms with E-state index in [1.807, 2.05) is 0 Å². The SMILES string of the molecule is Nc1nc(N)nc(-c2c3ccc4c2oc2nc(nc(n2)o3)O4)n1. The summed E-state index contributed by atoms with van der Waals surface area (Å²) in [6, 6.07) is 3.37. The molecule has 0 aliphatic carbocycles. The van der Waals surface area contributed by atoms with Gasteiger partial charge in [-0.1, -0.05) is 0 Å². The number of nitrogens with two attached hydrogens (primary N) is 2. The first-order valence-electron chi connectivity index (χ1n) is 6.40. The fourth-order valence-electron chi connectivity index (χ4n) is 2.29. The Bertz CT molecular complexity index is 1110. The van der Waals surface area contributed by atoms with Gasteiger partial charge >= 0.3 is 17.7 Å². The summed E-state index contributed by atoms with van der Waals surface area (Å²) in [4.78, 5) is 24.0. The molecule has 11 nitrogen and oxygen atoms in total. The Hall–Kier alpha value is -3.76. The van der Waals surface area contributed by atoms with Crippen molar-refractivity contribution in [3.05, 3.63) is 12.1 Å². The molecular formula is C12H6N8O3. The van der Waals surface area contributed by atoms with Crippen LogP contribution in [-0.2, 0) is 0 Å². The molecule has 0 saturated heterocycles. The van der Waals surface area contributed by atoms with Crippen molar-refractivity contribution in [1.29, 1.82) is 0 Å². The molecule has 1 aliphatic heterocycles. The van der Waals surface area contributed by atoms with Crippen LogP contribution in [-0.4, -0.2) is 29.9 Å². The highest BCUT2D eigenvalue weighted by atomic mass is 16.5. The van der Waals surface area contributed by atoms with Gasteiger partial charge in [0.05, 0.1) is 0 Å². The summed E-state index contributed by atoms with van der Waals surface area (Å²) in [5.74, 6) is 0.544. The van der Waals surface area contributed by atoms with E-state index in [1.54, 1.807) is 12.1 Å². The summed E-state index contributed by atoms with van der Waals surface area (Å²) in [5, 5.41) is 0. The Balaban J connectivity index is 2.01. The van der Waals surface area contributed by atoms with Crippen molar-refractivity contribution >= 4 is 34.8 Å². The Morgan fingerprint density at radius 2 is 1.52 bits per heavy atom. The normalized spacial score (nSPS) is 12.2. The number of nitrogen functional groups attached to an aromatic ring is 2. The first-order valence-corrected chi connectivity index (χ1v) is 6.40. The van der Waals surface area contributed by atoms with Gasteiger partial charge in [-0.15, -0.1) is 15.0 Å². The van der Waals surface area contributed by atoms with Crippen molar-refractivity contribution in [1.82, 2.24) is 29.9 Å². The lowest BCUT2D eigenvalue weighted by Crippen LogP contribution is -2.04. The molecule has 4 aromatic rings. The van der Waals surface area contributed by atoms with Crippen molar-refractivity contribution in [2.75, 3.05) is 11.5 Å². The summed E-state index contributed by atoms with van der Waals surface area (Å²) >= 11 is 0. The van der Waals surface area contributed by atoms with Gasteiger partial charge in [-0.2, -0.15) is 15.0 Å². The molecule has 5 rings (SSSR count). The minimum Gasteiger partial charge on any atom is -0.423 e. The van der Waals surface area contributed by atoms with Crippen LogP contribution in [0.3, 0.4) is 0 Å². The average Bonchev–Trinajstić information content (AvgIpc) is 2.53. The molecule has 5 bridgehead atoms.